The predicted octanol–water partition coefficient (Wildman–Crippen LogP) is 2.51. The maximum absolute atomic E-state index is 15.6. The molecule has 0 unspecified atom stereocenters. The number of nitrogens with zero attached hydrogens (tertiary/aromatic N) is 9. The fourth-order valence-electron chi connectivity index (χ4n) is 6.33. The highest BCUT2D eigenvalue weighted by Crippen LogP contribution is 2.41. The lowest BCUT2D eigenvalue weighted by molar-refractivity contribution is -0.137. The van der Waals surface area contributed by atoms with Gasteiger partial charge in [-0.05, 0) is 37.3 Å². The van der Waals surface area contributed by atoms with Crippen LogP contribution in [0, 0.1) is 18.7 Å². The number of carbonyl (C=O) groups is 3. The lowest BCUT2D eigenvalue weighted by atomic mass is 9.95. The zero-order valence-electron chi connectivity index (χ0n) is 25.1. The van der Waals surface area contributed by atoms with Gasteiger partial charge in [-0.1, -0.05) is 12.6 Å². The third-order valence-corrected chi connectivity index (χ3v) is 8.52. The minimum Gasteiger partial charge on any atom is -0.359 e. The molecule has 0 bridgehead atoms. The average molecular weight is 642 g/mol. The minimum absolute atomic E-state index is 0.00917. The van der Waals surface area contributed by atoms with E-state index in [0.29, 0.717) is 32.0 Å². The smallest absolute Gasteiger partial charge is 0.359 e. The van der Waals surface area contributed by atoms with Crippen molar-refractivity contribution in [1.82, 2.24) is 24.8 Å². The van der Waals surface area contributed by atoms with Crippen LogP contribution in [-0.2, 0) is 27.1 Å². The van der Waals surface area contributed by atoms with Gasteiger partial charge in [-0.3, -0.25) is 24.3 Å². The highest BCUT2D eigenvalue weighted by Gasteiger charge is 2.49. The Morgan fingerprint density at radius 1 is 1.13 bits per heavy atom. The molecule has 46 heavy (non-hydrogen) atoms. The van der Waals surface area contributed by atoms with Crippen LogP contribution in [-0.4, -0.2) is 88.3 Å². The molecule has 2 aromatic heterocycles. The van der Waals surface area contributed by atoms with Crippen LogP contribution >= 0.6 is 0 Å². The van der Waals surface area contributed by atoms with E-state index in [1.807, 2.05) is 5.01 Å². The predicted molar refractivity (Wildman–Crippen MR) is 159 cm³/mol. The molecule has 242 valence electrons. The van der Waals surface area contributed by atoms with Gasteiger partial charge in [0.1, 0.15) is 24.0 Å². The van der Waals surface area contributed by atoms with Gasteiger partial charge in [-0.15, -0.1) is 5.10 Å². The molecule has 0 aliphatic carbocycles. The lowest BCUT2D eigenvalue weighted by Crippen LogP contribution is -2.53. The van der Waals surface area contributed by atoms with Crippen LogP contribution in [0.25, 0.3) is 0 Å². The second kappa shape index (κ2) is 11.7. The second-order valence-corrected chi connectivity index (χ2v) is 11.5. The third kappa shape index (κ3) is 5.63. The molecule has 5 heterocycles. The zero-order valence-corrected chi connectivity index (χ0v) is 25.1. The van der Waals surface area contributed by atoms with Crippen molar-refractivity contribution >= 4 is 34.9 Å². The number of rotatable bonds is 5. The first kappa shape index (κ1) is 31.0. The van der Waals surface area contributed by atoms with Gasteiger partial charge in [0.2, 0.25) is 17.7 Å². The number of hydrogen-bond donors (Lipinski definition) is 0. The van der Waals surface area contributed by atoms with Crippen molar-refractivity contribution in [1.29, 1.82) is 0 Å². The van der Waals surface area contributed by atoms with Crippen molar-refractivity contribution in [2.24, 2.45) is 5.92 Å². The number of benzene rings is 1. The number of carbonyl (C=O) groups excluding carboxylic acids is 3. The summed E-state index contributed by atoms with van der Waals surface area (Å²) in [4.78, 5) is 55.1. The van der Waals surface area contributed by atoms with Crippen LogP contribution in [0.5, 0.6) is 0 Å². The molecule has 2 fully saturated rings. The van der Waals surface area contributed by atoms with E-state index in [9.17, 15) is 27.6 Å². The third-order valence-electron chi connectivity index (χ3n) is 8.52. The van der Waals surface area contributed by atoms with Crippen molar-refractivity contribution < 1.29 is 31.9 Å². The van der Waals surface area contributed by atoms with Crippen LogP contribution in [0.15, 0.2) is 49.3 Å². The molecule has 2 saturated heterocycles. The fourth-order valence-corrected chi connectivity index (χ4v) is 6.33. The minimum atomic E-state index is -4.69. The summed E-state index contributed by atoms with van der Waals surface area (Å²) in [5, 5.41) is 6.49. The molecular formula is C30H31F4N9O3. The van der Waals surface area contributed by atoms with E-state index in [4.69, 9.17) is 0 Å². The first-order valence-electron chi connectivity index (χ1n) is 14.6. The molecule has 6 rings (SSSR count). The summed E-state index contributed by atoms with van der Waals surface area (Å²) in [5.41, 5.74) is -0.610. The number of pyridine rings is 1. The van der Waals surface area contributed by atoms with Crippen LogP contribution in [0.3, 0.4) is 0 Å². The van der Waals surface area contributed by atoms with E-state index in [1.54, 1.807) is 20.7 Å². The number of anilines is 3. The monoisotopic (exact) mass is 641 g/mol. The molecule has 0 spiro atoms. The number of likely N-dealkylation sites (N-methyl/N-ethyl adjacent to an activating group) is 1. The summed E-state index contributed by atoms with van der Waals surface area (Å²) in [6, 6.07) is 4.74. The van der Waals surface area contributed by atoms with Crippen LogP contribution in [0.4, 0.5) is 34.8 Å². The summed E-state index contributed by atoms with van der Waals surface area (Å²) in [5.74, 6) is -2.54. The van der Waals surface area contributed by atoms with Crippen molar-refractivity contribution in [3.05, 3.63) is 72.2 Å². The highest BCUT2D eigenvalue weighted by atomic mass is 19.4. The Morgan fingerprint density at radius 3 is 2.57 bits per heavy atom. The topological polar surface area (TPSA) is 111 Å². The number of amides is 3. The van der Waals surface area contributed by atoms with Gasteiger partial charge < -0.3 is 14.7 Å². The summed E-state index contributed by atoms with van der Waals surface area (Å²) < 4.78 is 56.6. The fraction of sp³-hybridized carbons (Fsp3) is 0.400. The molecule has 1 aromatic carbocycles. The van der Waals surface area contributed by atoms with Gasteiger partial charge in [0, 0.05) is 44.7 Å². The van der Waals surface area contributed by atoms with Gasteiger partial charge >= 0.3 is 6.18 Å². The number of aryl methyl sites for hydroxylation is 1. The maximum Gasteiger partial charge on any atom is 0.416 e. The Balaban J connectivity index is 1.32. The van der Waals surface area contributed by atoms with E-state index in [1.165, 1.54) is 43.4 Å². The van der Waals surface area contributed by atoms with E-state index in [2.05, 4.69) is 21.6 Å². The quantitative estimate of drug-likeness (QED) is 0.309. The number of aromatic nitrogens is 4. The number of para-hydroxylation sites is 1. The van der Waals surface area contributed by atoms with Gasteiger partial charge in [-0.2, -0.15) is 18.0 Å². The standard InChI is InChI=1S/C30H31F4N9O3/c1-4-25(44)39-8-10-41(11-9-39)42-17-35-23(37-42)16-40-15-19-13-26(45)43(24-14-20(30(32,33)34)12-18(2)36-24)27(19)29(46)38(3)22-7-5-6-21(31)28(22)40/h4-7,12,14,17,19,27H,1,8-11,13,15-16H2,2-3H3/t19-,27+/m1/s1. The van der Waals surface area contributed by atoms with Crippen molar-refractivity contribution in [2.75, 3.05) is 59.5 Å². The maximum atomic E-state index is 15.6. The van der Waals surface area contributed by atoms with Crippen molar-refractivity contribution in [2.45, 2.75) is 32.1 Å². The second-order valence-electron chi connectivity index (χ2n) is 11.5. The molecule has 3 aromatic rings. The largest absolute Gasteiger partial charge is 0.416 e. The number of hydrogen-bond acceptors (Lipinski definition) is 8. The lowest BCUT2D eigenvalue weighted by Gasteiger charge is -2.38. The van der Waals surface area contributed by atoms with Gasteiger partial charge in [0.15, 0.2) is 5.82 Å². The Labute approximate surface area is 261 Å². The van der Waals surface area contributed by atoms with E-state index >= 15 is 4.39 Å². The molecule has 0 radical (unpaired) electrons. The number of piperazine rings is 1. The van der Waals surface area contributed by atoms with Crippen molar-refractivity contribution in [3.8, 4) is 0 Å². The molecule has 0 saturated carbocycles. The summed E-state index contributed by atoms with van der Waals surface area (Å²) in [6.07, 6.45) is -2.06. The summed E-state index contributed by atoms with van der Waals surface area (Å²) in [6.45, 7) is 6.87. The molecule has 2 atom stereocenters. The summed E-state index contributed by atoms with van der Waals surface area (Å²) >= 11 is 0. The number of fused-ring (bicyclic) bond motifs is 2. The molecule has 3 aliphatic rings. The highest BCUT2D eigenvalue weighted by molar-refractivity contribution is 6.10. The Hall–Kier alpha value is -5.02. The van der Waals surface area contributed by atoms with Crippen LogP contribution in [0.1, 0.15) is 23.5 Å². The van der Waals surface area contributed by atoms with E-state index in [0.717, 1.165) is 17.0 Å². The normalized spacial score (nSPS) is 20.4. The summed E-state index contributed by atoms with van der Waals surface area (Å²) in [7, 11) is 1.44. The Morgan fingerprint density at radius 2 is 1.87 bits per heavy atom. The Bertz CT molecular complexity index is 1700. The van der Waals surface area contributed by atoms with Crippen LogP contribution < -0.4 is 19.7 Å². The number of halogens is 4. The molecule has 3 aliphatic heterocycles. The van der Waals surface area contributed by atoms with Crippen molar-refractivity contribution in [3.63, 3.8) is 0 Å². The van der Waals surface area contributed by atoms with E-state index < -0.39 is 41.3 Å². The first-order chi connectivity index (χ1) is 21.8. The van der Waals surface area contributed by atoms with E-state index in [-0.39, 0.29) is 48.3 Å². The van der Waals surface area contributed by atoms with Gasteiger partial charge in [0.05, 0.1) is 36.6 Å². The molecule has 16 heteroatoms. The van der Waals surface area contributed by atoms with Gasteiger partial charge in [-0.25, -0.2) is 14.4 Å². The van der Waals surface area contributed by atoms with Crippen LogP contribution in [0.2, 0.25) is 0 Å². The number of alkyl halides is 3. The molecular weight excluding hydrogens is 610 g/mol. The van der Waals surface area contributed by atoms with Gasteiger partial charge in [0.25, 0.3) is 0 Å². The first-order valence-corrected chi connectivity index (χ1v) is 14.6. The molecule has 12 nitrogen and oxygen atoms in total. The Kier molecular flexibility index (Phi) is 7.90. The molecule has 3 amide bonds. The SMILES string of the molecule is C=CC(=O)N1CCN(n2cnc(CN3C[C@H]4CC(=O)N(c5cc(C(F)(F)F)cc(C)n5)[C@@H]4C(=O)N(C)c4cccc(F)c43)n2)CC1. The zero-order chi connectivity index (χ0) is 32.9. The molecule has 0 N–H and O–H groups in total. The average Bonchev–Trinajstić information content (AvgIpc) is 3.62.